The first-order valence-corrected chi connectivity index (χ1v) is 10.1. The van der Waals surface area contributed by atoms with Crippen molar-refractivity contribution in [1.82, 2.24) is 0 Å². The Balaban J connectivity index is 1.73. The molecule has 1 unspecified atom stereocenters. The van der Waals surface area contributed by atoms with Crippen LogP contribution in [0.15, 0.2) is 41.3 Å². The van der Waals surface area contributed by atoms with Crippen molar-refractivity contribution >= 4 is 33.0 Å². The lowest BCUT2D eigenvalue weighted by atomic mass is 10.2. The van der Waals surface area contributed by atoms with E-state index in [0.29, 0.717) is 16.9 Å². The largest absolute Gasteiger partial charge is 0.482 e. The minimum atomic E-state index is -3.80. The van der Waals surface area contributed by atoms with E-state index in [1.807, 2.05) is 0 Å². The summed E-state index contributed by atoms with van der Waals surface area (Å²) in [6.45, 7) is 2.89. The summed E-state index contributed by atoms with van der Waals surface area (Å²) in [6.07, 6.45) is -0.270. The standard InChI is InChI=1S/C19H19FN2O5S/c1-11-7-13(20)3-5-15(11)21-18(23)8-12(2)28(25,26)14-4-6-16-17(9-14)27-10-19(24)22-16/h3-7,9,12H,8,10H2,1-2H3,(H,21,23)(H,22,24). The lowest BCUT2D eigenvalue weighted by Crippen LogP contribution is -2.27. The van der Waals surface area contributed by atoms with Crippen LogP contribution in [0.2, 0.25) is 0 Å². The highest BCUT2D eigenvalue weighted by atomic mass is 32.2. The Morgan fingerprint density at radius 2 is 2.04 bits per heavy atom. The number of hydrogen-bond donors (Lipinski definition) is 2. The number of halogens is 1. The molecule has 0 aliphatic carbocycles. The molecule has 0 radical (unpaired) electrons. The van der Waals surface area contributed by atoms with Crippen LogP contribution in [0.25, 0.3) is 0 Å². The van der Waals surface area contributed by atoms with Crippen LogP contribution in [-0.4, -0.2) is 32.1 Å². The van der Waals surface area contributed by atoms with Crippen LogP contribution in [0.5, 0.6) is 5.75 Å². The zero-order valence-electron chi connectivity index (χ0n) is 15.3. The number of anilines is 2. The maximum atomic E-state index is 13.2. The summed E-state index contributed by atoms with van der Waals surface area (Å²) >= 11 is 0. The summed E-state index contributed by atoms with van der Waals surface area (Å²) in [5.74, 6) is -0.965. The summed E-state index contributed by atoms with van der Waals surface area (Å²) in [5.41, 5.74) is 1.36. The van der Waals surface area contributed by atoms with Crippen LogP contribution < -0.4 is 15.4 Å². The summed E-state index contributed by atoms with van der Waals surface area (Å²) in [4.78, 5) is 23.6. The Morgan fingerprint density at radius 3 is 2.75 bits per heavy atom. The van der Waals surface area contributed by atoms with E-state index in [-0.39, 0.29) is 29.6 Å². The molecule has 7 nitrogen and oxygen atoms in total. The number of nitrogens with one attached hydrogen (secondary N) is 2. The minimum Gasteiger partial charge on any atom is -0.482 e. The third kappa shape index (κ3) is 4.14. The van der Waals surface area contributed by atoms with Gasteiger partial charge in [0.25, 0.3) is 5.91 Å². The maximum Gasteiger partial charge on any atom is 0.262 e. The molecule has 0 aromatic heterocycles. The summed E-state index contributed by atoms with van der Waals surface area (Å²) in [6, 6.07) is 8.07. The van der Waals surface area contributed by atoms with Crippen molar-refractivity contribution in [3.8, 4) is 5.75 Å². The molecule has 1 heterocycles. The first kappa shape index (κ1) is 19.8. The van der Waals surface area contributed by atoms with E-state index in [4.69, 9.17) is 4.74 Å². The third-order valence-electron chi connectivity index (χ3n) is 4.38. The summed E-state index contributed by atoms with van der Waals surface area (Å²) < 4.78 is 44.0. The van der Waals surface area contributed by atoms with Crippen molar-refractivity contribution in [3.05, 3.63) is 47.8 Å². The normalized spacial score (nSPS) is 14.5. The van der Waals surface area contributed by atoms with Crippen molar-refractivity contribution in [2.75, 3.05) is 17.2 Å². The molecule has 1 aliphatic rings. The van der Waals surface area contributed by atoms with E-state index in [0.717, 1.165) is 0 Å². The Morgan fingerprint density at radius 1 is 1.29 bits per heavy atom. The Kier molecular flexibility index (Phi) is 5.37. The number of carbonyl (C=O) groups is 2. The van der Waals surface area contributed by atoms with Gasteiger partial charge in [-0.15, -0.1) is 0 Å². The van der Waals surface area contributed by atoms with Gasteiger partial charge in [0, 0.05) is 18.2 Å². The highest BCUT2D eigenvalue weighted by molar-refractivity contribution is 7.92. The molecule has 1 atom stereocenters. The van der Waals surface area contributed by atoms with Gasteiger partial charge in [0.1, 0.15) is 11.6 Å². The van der Waals surface area contributed by atoms with E-state index in [2.05, 4.69) is 10.6 Å². The highest BCUT2D eigenvalue weighted by Crippen LogP contribution is 2.32. The SMILES string of the molecule is Cc1cc(F)ccc1NC(=O)CC(C)S(=O)(=O)c1ccc2c(c1)OCC(=O)N2. The second-order valence-corrected chi connectivity index (χ2v) is 8.93. The average Bonchev–Trinajstić information content (AvgIpc) is 2.63. The molecule has 2 N–H and O–H groups in total. The van der Waals surface area contributed by atoms with Crippen LogP contribution in [0.1, 0.15) is 18.9 Å². The van der Waals surface area contributed by atoms with E-state index in [1.165, 1.54) is 43.3 Å². The van der Waals surface area contributed by atoms with Gasteiger partial charge in [-0.25, -0.2) is 12.8 Å². The molecule has 0 saturated heterocycles. The second kappa shape index (κ2) is 7.59. The number of carbonyl (C=O) groups excluding carboxylic acids is 2. The van der Waals surface area contributed by atoms with Crippen LogP contribution in [-0.2, 0) is 19.4 Å². The third-order valence-corrected chi connectivity index (χ3v) is 6.52. The van der Waals surface area contributed by atoms with Gasteiger partial charge < -0.3 is 15.4 Å². The molecule has 2 aromatic rings. The molecule has 2 aromatic carbocycles. The molecule has 1 aliphatic heterocycles. The van der Waals surface area contributed by atoms with E-state index in [9.17, 15) is 22.4 Å². The molecular formula is C19H19FN2O5S. The van der Waals surface area contributed by atoms with Gasteiger partial charge in [0.05, 0.1) is 15.8 Å². The number of benzene rings is 2. The number of amides is 2. The Hall–Kier alpha value is -2.94. The molecule has 0 fully saturated rings. The quantitative estimate of drug-likeness (QED) is 0.795. The zero-order chi connectivity index (χ0) is 20.5. The Labute approximate surface area is 161 Å². The van der Waals surface area contributed by atoms with Crippen LogP contribution in [0, 0.1) is 12.7 Å². The van der Waals surface area contributed by atoms with Crippen LogP contribution in [0.3, 0.4) is 0 Å². The average molecular weight is 406 g/mol. The number of hydrogen-bond acceptors (Lipinski definition) is 5. The van der Waals surface area contributed by atoms with Crippen molar-refractivity contribution in [2.45, 2.75) is 30.4 Å². The molecule has 28 heavy (non-hydrogen) atoms. The first-order valence-electron chi connectivity index (χ1n) is 8.53. The smallest absolute Gasteiger partial charge is 0.262 e. The van der Waals surface area contributed by atoms with Crippen molar-refractivity contribution in [1.29, 1.82) is 0 Å². The summed E-state index contributed by atoms with van der Waals surface area (Å²) in [7, 11) is -3.80. The predicted molar refractivity (Wildman–Crippen MR) is 102 cm³/mol. The highest BCUT2D eigenvalue weighted by Gasteiger charge is 2.28. The van der Waals surface area contributed by atoms with Crippen LogP contribution >= 0.6 is 0 Å². The zero-order valence-corrected chi connectivity index (χ0v) is 16.1. The predicted octanol–water partition coefficient (Wildman–Crippen LogP) is 2.66. The number of aryl methyl sites for hydroxylation is 1. The van der Waals surface area contributed by atoms with Gasteiger partial charge in [0.2, 0.25) is 5.91 Å². The van der Waals surface area contributed by atoms with Gasteiger partial charge >= 0.3 is 0 Å². The van der Waals surface area contributed by atoms with E-state index in [1.54, 1.807) is 6.92 Å². The van der Waals surface area contributed by atoms with Gasteiger partial charge in [-0.05, 0) is 49.7 Å². The van der Waals surface area contributed by atoms with Crippen LogP contribution in [0.4, 0.5) is 15.8 Å². The fourth-order valence-corrected chi connectivity index (χ4v) is 4.17. The van der Waals surface area contributed by atoms with Gasteiger partial charge in [-0.2, -0.15) is 0 Å². The molecular weight excluding hydrogens is 387 g/mol. The lowest BCUT2D eigenvalue weighted by Gasteiger charge is -2.19. The molecule has 9 heteroatoms. The minimum absolute atomic E-state index is 0.000613. The summed E-state index contributed by atoms with van der Waals surface area (Å²) in [5, 5.41) is 4.20. The molecule has 0 saturated carbocycles. The fraction of sp³-hybridized carbons (Fsp3) is 0.263. The topological polar surface area (TPSA) is 102 Å². The fourth-order valence-electron chi connectivity index (χ4n) is 2.80. The molecule has 0 spiro atoms. The molecule has 0 bridgehead atoms. The van der Waals surface area contributed by atoms with Crippen molar-refractivity contribution in [3.63, 3.8) is 0 Å². The van der Waals surface area contributed by atoms with Gasteiger partial charge in [-0.3, -0.25) is 9.59 Å². The monoisotopic (exact) mass is 406 g/mol. The first-order chi connectivity index (χ1) is 13.2. The van der Waals surface area contributed by atoms with Crippen molar-refractivity contribution in [2.24, 2.45) is 0 Å². The lowest BCUT2D eigenvalue weighted by molar-refractivity contribution is -0.118. The van der Waals surface area contributed by atoms with E-state index < -0.39 is 26.8 Å². The van der Waals surface area contributed by atoms with Gasteiger partial charge in [-0.1, -0.05) is 0 Å². The number of sulfone groups is 1. The maximum absolute atomic E-state index is 13.2. The Bertz CT molecular complexity index is 1050. The molecule has 3 rings (SSSR count). The molecule has 148 valence electrons. The number of ether oxygens (including phenoxy) is 1. The van der Waals surface area contributed by atoms with Gasteiger partial charge in [0.15, 0.2) is 16.4 Å². The second-order valence-electron chi connectivity index (χ2n) is 6.56. The number of fused-ring (bicyclic) bond motifs is 1. The molecule has 2 amide bonds. The van der Waals surface area contributed by atoms with E-state index >= 15 is 0 Å². The van der Waals surface area contributed by atoms with Crippen molar-refractivity contribution < 1.29 is 27.1 Å². The number of rotatable bonds is 5.